The van der Waals surface area contributed by atoms with Crippen molar-refractivity contribution >= 4 is 22.8 Å². The fourth-order valence-electron chi connectivity index (χ4n) is 4.75. The molecule has 2 aliphatic rings. The fourth-order valence-corrected chi connectivity index (χ4v) is 4.75. The molecule has 7 nitrogen and oxygen atoms in total. The number of fused-ring (bicyclic) bond motifs is 2. The molecule has 1 saturated carbocycles. The average molecular weight is 526 g/mol. The third-order valence-corrected chi connectivity index (χ3v) is 6.84. The number of pyridine rings is 2. The van der Waals surface area contributed by atoms with Crippen LogP contribution in [0, 0.1) is 23.4 Å². The predicted octanol–water partition coefficient (Wildman–Crippen LogP) is 3.44. The summed E-state index contributed by atoms with van der Waals surface area (Å²) >= 11 is 0. The number of hydrogen-bond donors (Lipinski definition) is 2. The fraction of sp³-hybridized carbons (Fsp3) is 0.375. The van der Waals surface area contributed by atoms with Crippen molar-refractivity contribution in [2.75, 3.05) is 18.0 Å². The van der Waals surface area contributed by atoms with Crippen molar-refractivity contribution in [1.82, 2.24) is 14.9 Å². The van der Waals surface area contributed by atoms with Crippen LogP contribution in [0.15, 0.2) is 35.3 Å². The molecule has 3 aromatic rings. The lowest BCUT2D eigenvalue weighted by Crippen LogP contribution is -2.46. The van der Waals surface area contributed by atoms with Gasteiger partial charge in [0, 0.05) is 37.3 Å². The minimum Gasteiger partial charge on any atom is -0.388 e. The van der Waals surface area contributed by atoms with Gasteiger partial charge in [0.05, 0.1) is 11.0 Å². The van der Waals surface area contributed by atoms with E-state index in [0.717, 1.165) is 0 Å². The maximum absolute atomic E-state index is 14.8. The van der Waals surface area contributed by atoms with Crippen LogP contribution in [0.2, 0.25) is 0 Å². The Kier molecular flexibility index (Phi) is 5.73. The van der Waals surface area contributed by atoms with Gasteiger partial charge in [-0.25, -0.2) is 18.2 Å². The third kappa shape index (κ3) is 4.30. The Labute approximate surface area is 205 Å². The van der Waals surface area contributed by atoms with E-state index in [-0.39, 0.29) is 29.3 Å². The van der Waals surface area contributed by atoms with Gasteiger partial charge in [-0.05, 0) is 25.0 Å². The van der Waals surface area contributed by atoms with Crippen molar-refractivity contribution in [3.05, 3.63) is 63.7 Å². The quantitative estimate of drug-likeness (QED) is 0.498. The molecule has 0 spiro atoms. The van der Waals surface area contributed by atoms with Gasteiger partial charge in [-0.15, -0.1) is 0 Å². The van der Waals surface area contributed by atoms with Crippen LogP contribution in [0.5, 0.6) is 0 Å². The summed E-state index contributed by atoms with van der Waals surface area (Å²) in [5.74, 6) is -5.11. The van der Waals surface area contributed by atoms with E-state index >= 15 is 0 Å². The minimum absolute atomic E-state index is 0.0328. The lowest BCUT2D eigenvalue weighted by molar-refractivity contribution is -0.153. The summed E-state index contributed by atoms with van der Waals surface area (Å²) in [6, 6.07) is 1.14. The van der Waals surface area contributed by atoms with Crippen molar-refractivity contribution in [3.8, 4) is 5.69 Å². The highest BCUT2D eigenvalue weighted by molar-refractivity contribution is 5.97. The van der Waals surface area contributed by atoms with Gasteiger partial charge in [-0.3, -0.25) is 14.2 Å². The zero-order chi connectivity index (χ0) is 26.9. The molecule has 196 valence electrons. The first kappa shape index (κ1) is 25.1. The summed E-state index contributed by atoms with van der Waals surface area (Å²) in [5.41, 5.74) is -3.87. The summed E-state index contributed by atoms with van der Waals surface area (Å²) in [6.45, 7) is 1.88. The number of benzene rings is 1. The smallest absolute Gasteiger partial charge is 0.388 e. The molecule has 2 fully saturated rings. The molecule has 37 heavy (non-hydrogen) atoms. The van der Waals surface area contributed by atoms with Crippen LogP contribution < -0.4 is 15.6 Å². The molecule has 3 atom stereocenters. The molecule has 2 aromatic heterocycles. The molecule has 5 rings (SSSR count). The molecule has 13 heteroatoms. The Morgan fingerprint density at radius 3 is 2.49 bits per heavy atom. The van der Waals surface area contributed by atoms with E-state index in [1.807, 2.05) is 0 Å². The van der Waals surface area contributed by atoms with Crippen LogP contribution in [-0.2, 0) is 0 Å². The molecule has 1 saturated heterocycles. The number of amides is 1. The first-order chi connectivity index (χ1) is 17.3. The number of alkyl halides is 3. The van der Waals surface area contributed by atoms with Crippen molar-refractivity contribution in [3.63, 3.8) is 0 Å². The van der Waals surface area contributed by atoms with Crippen LogP contribution in [0.1, 0.15) is 30.1 Å². The standard InChI is InChI=1S/C24H20F6N4O3/c1-2-17(24(28,29)30)31-22(36)14-9-34(19-15(26)5-12(25)6-16(19)27)21-13(20(14)35)3-4-18(32-21)33-8-11-7-23(11,37)10-33/h3-6,9,11,17,37H,2,7-8,10H2,1H3,(H,31,36). The number of rotatable bonds is 5. The van der Waals surface area contributed by atoms with Crippen LogP contribution >= 0.6 is 0 Å². The largest absolute Gasteiger partial charge is 0.408 e. The number of nitrogens with zero attached hydrogens (tertiary/aromatic N) is 3. The number of carbonyl (C=O) groups is 1. The lowest BCUT2D eigenvalue weighted by atomic mass is 10.1. The highest BCUT2D eigenvalue weighted by Crippen LogP contribution is 2.50. The van der Waals surface area contributed by atoms with Gasteiger partial charge in [-0.2, -0.15) is 13.2 Å². The van der Waals surface area contributed by atoms with E-state index in [2.05, 4.69) is 4.98 Å². The van der Waals surface area contributed by atoms with E-state index in [9.17, 15) is 41.0 Å². The zero-order valence-electron chi connectivity index (χ0n) is 19.2. The van der Waals surface area contributed by atoms with Gasteiger partial charge in [0.15, 0.2) is 17.3 Å². The summed E-state index contributed by atoms with van der Waals surface area (Å²) in [5, 5.41) is 11.8. The van der Waals surface area contributed by atoms with Crippen molar-refractivity contribution < 1.29 is 36.2 Å². The van der Waals surface area contributed by atoms with E-state index in [1.54, 1.807) is 10.2 Å². The van der Waals surface area contributed by atoms with Crippen LogP contribution in [0.3, 0.4) is 0 Å². The number of hydrogen-bond acceptors (Lipinski definition) is 5. The predicted molar refractivity (Wildman–Crippen MR) is 120 cm³/mol. The van der Waals surface area contributed by atoms with E-state index in [4.69, 9.17) is 0 Å². The molecule has 3 unspecified atom stereocenters. The van der Waals surface area contributed by atoms with Gasteiger partial charge >= 0.3 is 6.18 Å². The normalized spacial score (nSPS) is 21.7. The number of carbonyl (C=O) groups excluding carboxylic acids is 1. The van der Waals surface area contributed by atoms with Gasteiger partial charge in [-0.1, -0.05) is 6.92 Å². The topological polar surface area (TPSA) is 87.5 Å². The van der Waals surface area contributed by atoms with Crippen molar-refractivity contribution in [2.24, 2.45) is 5.92 Å². The molecule has 2 N–H and O–H groups in total. The summed E-state index contributed by atoms with van der Waals surface area (Å²) in [7, 11) is 0. The highest BCUT2D eigenvalue weighted by Gasteiger charge is 2.59. The average Bonchev–Trinajstić information content (AvgIpc) is 3.32. The van der Waals surface area contributed by atoms with Gasteiger partial charge < -0.3 is 15.3 Å². The van der Waals surface area contributed by atoms with Gasteiger partial charge in [0.25, 0.3) is 5.91 Å². The Balaban J connectivity index is 1.69. The maximum Gasteiger partial charge on any atom is 0.408 e. The second-order valence-corrected chi connectivity index (χ2v) is 9.36. The highest BCUT2D eigenvalue weighted by atomic mass is 19.4. The molecule has 1 aliphatic heterocycles. The Hall–Kier alpha value is -3.61. The number of aliphatic hydroxyl groups is 1. The number of aromatic nitrogens is 2. The molecule has 0 radical (unpaired) electrons. The molecule has 1 aliphatic carbocycles. The monoisotopic (exact) mass is 526 g/mol. The Morgan fingerprint density at radius 2 is 1.92 bits per heavy atom. The molecule has 1 amide bonds. The summed E-state index contributed by atoms with van der Waals surface area (Å²) in [6.07, 6.45) is -4.00. The van der Waals surface area contributed by atoms with Crippen LogP contribution in [0.25, 0.3) is 16.7 Å². The Morgan fingerprint density at radius 1 is 1.24 bits per heavy atom. The number of piperidine rings is 1. The minimum atomic E-state index is -4.80. The van der Waals surface area contributed by atoms with Crippen LogP contribution in [0.4, 0.5) is 32.2 Å². The second kappa shape index (κ2) is 8.47. The summed E-state index contributed by atoms with van der Waals surface area (Å²) < 4.78 is 83.5. The first-order valence-electron chi connectivity index (χ1n) is 11.4. The van der Waals surface area contributed by atoms with Crippen molar-refractivity contribution in [1.29, 1.82) is 0 Å². The number of anilines is 1. The van der Waals surface area contributed by atoms with Crippen molar-refractivity contribution in [2.45, 2.75) is 37.6 Å². The number of β-amino-alcohol motifs (C(OH)–C–C–N with tert-alkyl or cyclic N) is 1. The van der Waals surface area contributed by atoms with E-state index < -0.39 is 64.3 Å². The molecule has 3 heterocycles. The molecular weight excluding hydrogens is 506 g/mol. The Bertz CT molecular complexity index is 1470. The molecule has 0 bridgehead atoms. The summed E-state index contributed by atoms with van der Waals surface area (Å²) in [4.78, 5) is 32.0. The van der Waals surface area contributed by atoms with Gasteiger partial charge in [0.2, 0.25) is 5.43 Å². The maximum atomic E-state index is 14.8. The van der Waals surface area contributed by atoms with Crippen LogP contribution in [-0.4, -0.2) is 51.5 Å². The van der Waals surface area contributed by atoms with E-state index in [0.29, 0.717) is 35.9 Å². The molecular formula is C24H20F6N4O3. The van der Waals surface area contributed by atoms with Gasteiger partial charge in [0.1, 0.15) is 28.9 Å². The molecule has 1 aromatic carbocycles. The first-order valence-corrected chi connectivity index (χ1v) is 11.4. The SMILES string of the molecule is CCC(NC(=O)c1cn(-c2c(F)cc(F)cc2F)c2nc(N3CC4CC4(O)C3)ccc2c1=O)C(F)(F)F. The lowest BCUT2D eigenvalue weighted by Gasteiger charge is -2.22. The van der Waals surface area contributed by atoms with E-state index in [1.165, 1.54) is 19.1 Å². The number of halogens is 6. The third-order valence-electron chi connectivity index (χ3n) is 6.84. The number of nitrogens with one attached hydrogen (secondary N) is 1. The second-order valence-electron chi connectivity index (χ2n) is 9.36. The zero-order valence-corrected chi connectivity index (χ0v) is 19.2.